The zero-order valence-electron chi connectivity index (χ0n) is 18.2. The molecule has 0 aliphatic carbocycles. The summed E-state index contributed by atoms with van der Waals surface area (Å²) >= 11 is 3.45. The number of anilines is 1. The van der Waals surface area contributed by atoms with Crippen molar-refractivity contribution in [2.45, 2.75) is 33.9 Å². The van der Waals surface area contributed by atoms with Crippen molar-refractivity contribution in [3.05, 3.63) is 99.2 Å². The summed E-state index contributed by atoms with van der Waals surface area (Å²) in [6, 6.07) is 19.3. The zero-order chi connectivity index (χ0) is 22.7. The number of hydrogen-bond donors (Lipinski definition) is 1. The molecule has 0 aliphatic rings. The van der Waals surface area contributed by atoms with Crippen LogP contribution in [0.25, 0.3) is 0 Å². The number of hydrogen-bond acceptors (Lipinski definition) is 4. The van der Waals surface area contributed by atoms with E-state index in [2.05, 4.69) is 57.5 Å². The summed E-state index contributed by atoms with van der Waals surface area (Å²) in [5.41, 5.74) is 4.71. The highest BCUT2D eigenvalue weighted by molar-refractivity contribution is 9.10. The molecule has 0 saturated heterocycles. The second kappa shape index (κ2) is 9.44. The van der Waals surface area contributed by atoms with Gasteiger partial charge in [-0.2, -0.15) is 5.10 Å². The van der Waals surface area contributed by atoms with Crippen molar-refractivity contribution >= 4 is 27.5 Å². The summed E-state index contributed by atoms with van der Waals surface area (Å²) in [6.45, 7) is 6.76. The Hall–Kier alpha value is -3.32. The van der Waals surface area contributed by atoms with Crippen LogP contribution in [0, 0.1) is 20.8 Å². The summed E-state index contributed by atoms with van der Waals surface area (Å²) in [4.78, 5) is 12.8. The van der Waals surface area contributed by atoms with Gasteiger partial charge >= 0.3 is 0 Å². The second-order valence-electron chi connectivity index (χ2n) is 7.63. The number of amides is 1. The summed E-state index contributed by atoms with van der Waals surface area (Å²) in [6.07, 6.45) is 0. The second-order valence-corrected chi connectivity index (χ2v) is 8.48. The van der Waals surface area contributed by atoms with Crippen molar-refractivity contribution in [2.75, 3.05) is 5.32 Å². The Kier molecular flexibility index (Phi) is 6.46. The highest BCUT2D eigenvalue weighted by Crippen LogP contribution is 2.25. The lowest BCUT2D eigenvalue weighted by molar-refractivity contribution is 0.0992. The van der Waals surface area contributed by atoms with E-state index in [9.17, 15) is 4.79 Å². The molecule has 4 aromatic rings. The van der Waals surface area contributed by atoms with E-state index >= 15 is 0 Å². The fourth-order valence-corrected chi connectivity index (χ4v) is 3.76. The van der Waals surface area contributed by atoms with Gasteiger partial charge in [0, 0.05) is 0 Å². The molecule has 2 aromatic carbocycles. The number of nitrogens with zero attached hydrogens (tertiary/aromatic N) is 2. The van der Waals surface area contributed by atoms with E-state index in [1.165, 1.54) is 5.56 Å². The van der Waals surface area contributed by atoms with Crippen LogP contribution in [0.4, 0.5) is 5.69 Å². The molecule has 164 valence electrons. The van der Waals surface area contributed by atoms with Gasteiger partial charge in [0.15, 0.2) is 5.76 Å². The molecular formula is C25H24BrN3O3. The van der Waals surface area contributed by atoms with Crippen molar-refractivity contribution in [1.82, 2.24) is 9.78 Å². The minimum atomic E-state index is -0.321. The third-order valence-corrected chi connectivity index (χ3v) is 5.82. The van der Waals surface area contributed by atoms with Crippen molar-refractivity contribution < 1.29 is 13.9 Å². The maximum absolute atomic E-state index is 12.8. The van der Waals surface area contributed by atoms with Gasteiger partial charge in [-0.25, -0.2) is 0 Å². The van der Waals surface area contributed by atoms with Crippen LogP contribution in [0.15, 0.2) is 69.6 Å². The predicted molar refractivity (Wildman–Crippen MR) is 127 cm³/mol. The molecule has 0 spiro atoms. The van der Waals surface area contributed by atoms with Gasteiger partial charge in [0.25, 0.3) is 5.91 Å². The van der Waals surface area contributed by atoms with Crippen LogP contribution in [0.3, 0.4) is 0 Å². The standard InChI is InChI=1S/C25H24BrN3O3/c1-16-8-10-19(11-9-16)14-29-18(3)24(17(2)28-29)27-25(30)23-13-12-20(32-23)15-31-22-7-5-4-6-21(22)26/h4-13H,14-15H2,1-3H3,(H,27,30). The van der Waals surface area contributed by atoms with Gasteiger partial charge in [-0.05, 0) is 66.5 Å². The molecular weight excluding hydrogens is 470 g/mol. The molecule has 4 rings (SSSR count). The van der Waals surface area contributed by atoms with Crippen molar-refractivity contribution in [2.24, 2.45) is 0 Å². The number of rotatable bonds is 7. The molecule has 1 N–H and O–H groups in total. The van der Waals surface area contributed by atoms with Gasteiger partial charge in [0.2, 0.25) is 0 Å². The molecule has 0 aliphatic heterocycles. The lowest BCUT2D eigenvalue weighted by Crippen LogP contribution is -2.12. The Bertz CT molecular complexity index is 1240. The van der Waals surface area contributed by atoms with E-state index < -0.39 is 0 Å². The fourth-order valence-electron chi connectivity index (χ4n) is 3.36. The first-order valence-electron chi connectivity index (χ1n) is 10.3. The van der Waals surface area contributed by atoms with Crippen LogP contribution in [0.2, 0.25) is 0 Å². The zero-order valence-corrected chi connectivity index (χ0v) is 19.8. The largest absolute Gasteiger partial charge is 0.484 e. The number of carbonyl (C=O) groups is 1. The molecule has 0 fully saturated rings. The van der Waals surface area contributed by atoms with E-state index in [-0.39, 0.29) is 18.3 Å². The third-order valence-electron chi connectivity index (χ3n) is 5.16. The molecule has 0 bridgehead atoms. The highest BCUT2D eigenvalue weighted by atomic mass is 79.9. The Morgan fingerprint density at radius 2 is 1.81 bits per heavy atom. The van der Waals surface area contributed by atoms with Crippen LogP contribution in [0.5, 0.6) is 5.75 Å². The number of ether oxygens (including phenoxy) is 1. The lowest BCUT2D eigenvalue weighted by Gasteiger charge is -2.07. The molecule has 6 nitrogen and oxygen atoms in total. The molecule has 0 atom stereocenters. The molecule has 1 amide bonds. The van der Waals surface area contributed by atoms with Crippen molar-refractivity contribution in [1.29, 1.82) is 0 Å². The van der Waals surface area contributed by atoms with Crippen LogP contribution < -0.4 is 10.1 Å². The van der Waals surface area contributed by atoms with Crippen LogP contribution >= 0.6 is 15.9 Å². The van der Waals surface area contributed by atoms with E-state index in [1.807, 2.05) is 42.8 Å². The van der Waals surface area contributed by atoms with Gasteiger partial charge in [-0.15, -0.1) is 0 Å². The highest BCUT2D eigenvalue weighted by Gasteiger charge is 2.18. The maximum atomic E-state index is 12.8. The topological polar surface area (TPSA) is 69.3 Å². The average molecular weight is 494 g/mol. The third kappa shape index (κ3) is 4.94. The molecule has 2 heterocycles. The number of aryl methyl sites for hydroxylation is 2. The number of aromatic nitrogens is 2. The quantitative estimate of drug-likeness (QED) is 0.340. The molecule has 0 radical (unpaired) electrons. The molecule has 32 heavy (non-hydrogen) atoms. The first kappa shape index (κ1) is 21.9. The number of carbonyl (C=O) groups excluding carboxylic acids is 1. The minimum absolute atomic E-state index is 0.223. The molecule has 0 unspecified atom stereocenters. The summed E-state index contributed by atoms with van der Waals surface area (Å²) < 4.78 is 14.2. The normalized spacial score (nSPS) is 10.9. The Labute approximate surface area is 195 Å². The van der Waals surface area contributed by atoms with Crippen molar-refractivity contribution in [3.63, 3.8) is 0 Å². The maximum Gasteiger partial charge on any atom is 0.291 e. The molecule has 2 aromatic heterocycles. The predicted octanol–water partition coefficient (Wildman–Crippen LogP) is 6.04. The van der Waals surface area contributed by atoms with E-state index in [0.717, 1.165) is 21.4 Å². The first-order chi connectivity index (χ1) is 15.4. The van der Waals surface area contributed by atoms with Gasteiger partial charge < -0.3 is 14.5 Å². The number of para-hydroxylation sites is 1. The fraction of sp³-hybridized carbons (Fsp3) is 0.200. The number of furan rings is 1. The van der Waals surface area contributed by atoms with Crippen LogP contribution in [-0.4, -0.2) is 15.7 Å². The van der Waals surface area contributed by atoms with Crippen molar-refractivity contribution in [3.8, 4) is 5.75 Å². The smallest absolute Gasteiger partial charge is 0.291 e. The van der Waals surface area contributed by atoms with Gasteiger partial charge in [-0.1, -0.05) is 42.0 Å². The summed E-state index contributed by atoms with van der Waals surface area (Å²) in [5, 5.41) is 7.54. The van der Waals surface area contributed by atoms with E-state index in [4.69, 9.17) is 9.15 Å². The first-order valence-corrected chi connectivity index (χ1v) is 11.1. The van der Waals surface area contributed by atoms with Gasteiger partial charge in [-0.3, -0.25) is 9.48 Å². The Morgan fingerprint density at radius 1 is 1.06 bits per heavy atom. The molecule has 7 heteroatoms. The lowest BCUT2D eigenvalue weighted by atomic mass is 10.1. The summed E-state index contributed by atoms with van der Waals surface area (Å²) in [7, 11) is 0. The van der Waals surface area contributed by atoms with Crippen LogP contribution in [0.1, 0.15) is 38.8 Å². The Balaban J connectivity index is 1.42. The monoisotopic (exact) mass is 493 g/mol. The Morgan fingerprint density at radius 3 is 2.56 bits per heavy atom. The number of nitrogens with one attached hydrogen (secondary N) is 1. The van der Waals surface area contributed by atoms with E-state index in [1.54, 1.807) is 12.1 Å². The minimum Gasteiger partial charge on any atom is -0.484 e. The number of benzene rings is 2. The number of halogens is 1. The SMILES string of the molecule is Cc1ccc(Cn2nc(C)c(NC(=O)c3ccc(COc4ccccc4Br)o3)c2C)cc1. The average Bonchev–Trinajstić information content (AvgIpc) is 3.35. The molecule has 0 saturated carbocycles. The van der Waals surface area contributed by atoms with E-state index in [0.29, 0.717) is 23.7 Å². The van der Waals surface area contributed by atoms with Gasteiger partial charge in [0.05, 0.1) is 28.1 Å². The van der Waals surface area contributed by atoms with Gasteiger partial charge in [0.1, 0.15) is 18.1 Å². The van der Waals surface area contributed by atoms with Crippen LogP contribution in [-0.2, 0) is 13.2 Å². The summed E-state index contributed by atoms with van der Waals surface area (Å²) in [5.74, 6) is 1.18.